The van der Waals surface area contributed by atoms with Crippen molar-refractivity contribution in [2.75, 3.05) is 6.54 Å². The number of nitrogens with zero attached hydrogens (tertiary/aromatic N) is 5. The zero-order chi connectivity index (χ0) is 20.2. The summed E-state index contributed by atoms with van der Waals surface area (Å²) in [7, 11) is 0. The summed E-state index contributed by atoms with van der Waals surface area (Å²) >= 11 is 6.01. The highest BCUT2D eigenvalue weighted by Gasteiger charge is 2.11. The van der Waals surface area contributed by atoms with Crippen molar-refractivity contribution in [2.24, 2.45) is 0 Å². The van der Waals surface area contributed by atoms with Crippen molar-refractivity contribution in [2.45, 2.75) is 13.1 Å². The van der Waals surface area contributed by atoms with Crippen LogP contribution < -0.4 is 10.9 Å². The second-order valence-electron chi connectivity index (χ2n) is 6.38. The number of hydrogen-bond donors (Lipinski definition) is 1. The van der Waals surface area contributed by atoms with Crippen molar-refractivity contribution in [1.29, 1.82) is 0 Å². The molecule has 0 atom stereocenters. The number of amides is 1. The van der Waals surface area contributed by atoms with Gasteiger partial charge in [-0.3, -0.25) is 19.1 Å². The van der Waals surface area contributed by atoms with E-state index < -0.39 is 0 Å². The number of carbonyl (C=O) groups is 1. The van der Waals surface area contributed by atoms with Crippen LogP contribution in [0.25, 0.3) is 11.0 Å². The monoisotopic (exact) mass is 408 g/mol. The molecule has 1 amide bonds. The third-order valence-corrected chi connectivity index (χ3v) is 4.61. The summed E-state index contributed by atoms with van der Waals surface area (Å²) in [5, 5.41) is 8.06. The SMILES string of the molecule is O=C(NCCn1ncc2c(=O)n(Cc3cccc(Cl)c3)cnc21)c1ccccn1. The zero-order valence-corrected chi connectivity index (χ0v) is 16.1. The molecule has 1 N–H and O–H groups in total. The van der Waals surface area contributed by atoms with Gasteiger partial charge in [0.05, 0.1) is 19.3 Å². The third-order valence-electron chi connectivity index (χ3n) is 4.37. The van der Waals surface area contributed by atoms with Gasteiger partial charge in [-0.2, -0.15) is 5.10 Å². The summed E-state index contributed by atoms with van der Waals surface area (Å²) in [5.41, 5.74) is 1.55. The number of benzene rings is 1. The summed E-state index contributed by atoms with van der Waals surface area (Å²) < 4.78 is 3.11. The molecular formula is C20H17ClN6O2. The largest absolute Gasteiger partial charge is 0.349 e. The zero-order valence-electron chi connectivity index (χ0n) is 15.3. The van der Waals surface area contributed by atoms with Gasteiger partial charge < -0.3 is 5.32 Å². The average molecular weight is 409 g/mol. The Morgan fingerprint density at radius 2 is 2.03 bits per heavy atom. The van der Waals surface area contributed by atoms with E-state index in [4.69, 9.17) is 11.6 Å². The van der Waals surface area contributed by atoms with Gasteiger partial charge in [-0.25, -0.2) is 9.67 Å². The number of rotatable bonds is 6. The Bertz CT molecular complexity index is 1220. The van der Waals surface area contributed by atoms with Crippen molar-refractivity contribution in [3.8, 4) is 0 Å². The Labute approximate surface area is 170 Å². The van der Waals surface area contributed by atoms with E-state index in [9.17, 15) is 9.59 Å². The fourth-order valence-corrected chi connectivity index (χ4v) is 3.18. The molecule has 8 nitrogen and oxygen atoms in total. The van der Waals surface area contributed by atoms with E-state index in [1.54, 1.807) is 35.1 Å². The molecule has 0 radical (unpaired) electrons. The standard InChI is InChI=1S/C20H17ClN6O2/c21-15-5-3-4-14(10-15)12-26-13-24-18-16(20(26)29)11-25-27(18)9-8-23-19(28)17-6-1-2-7-22-17/h1-7,10-11,13H,8-9,12H2,(H,23,28). The molecule has 146 valence electrons. The highest BCUT2D eigenvalue weighted by atomic mass is 35.5. The smallest absolute Gasteiger partial charge is 0.269 e. The Kier molecular flexibility index (Phi) is 5.35. The second kappa shape index (κ2) is 8.24. The van der Waals surface area contributed by atoms with Gasteiger partial charge in [-0.05, 0) is 29.8 Å². The van der Waals surface area contributed by atoms with Crippen LogP contribution in [0, 0.1) is 0 Å². The fraction of sp³-hybridized carbons (Fsp3) is 0.150. The van der Waals surface area contributed by atoms with Crippen LogP contribution in [0.3, 0.4) is 0 Å². The van der Waals surface area contributed by atoms with E-state index in [2.05, 4.69) is 20.4 Å². The molecule has 4 rings (SSSR count). The van der Waals surface area contributed by atoms with Gasteiger partial charge in [0.2, 0.25) is 0 Å². The average Bonchev–Trinajstić information content (AvgIpc) is 3.14. The van der Waals surface area contributed by atoms with E-state index in [-0.39, 0.29) is 11.5 Å². The minimum atomic E-state index is -0.265. The molecule has 0 saturated heterocycles. The molecule has 0 aliphatic carbocycles. The van der Waals surface area contributed by atoms with Crippen LogP contribution in [-0.2, 0) is 13.1 Å². The van der Waals surface area contributed by atoms with E-state index in [0.29, 0.717) is 41.4 Å². The molecule has 3 heterocycles. The molecule has 0 bridgehead atoms. The van der Waals surface area contributed by atoms with E-state index >= 15 is 0 Å². The first-order valence-corrected chi connectivity index (χ1v) is 9.34. The maximum atomic E-state index is 12.8. The summed E-state index contributed by atoms with van der Waals surface area (Å²) in [6.07, 6.45) is 4.56. The number of nitrogens with one attached hydrogen (secondary N) is 1. The number of halogens is 1. The Morgan fingerprint density at radius 3 is 2.83 bits per heavy atom. The van der Waals surface area contributed by atoms with Crippen molar-refractivity contribution in [3.05, 3.63) is 87.8 Å². The first-order chi connectivity index (χ1) is 14.1. The molecule has 4 aromatic rings. The van der Waals surface area contributed by atoms with Gasteiger partial charge in [0.1, 0.15) is 17.4 Å². The predicted molar refractivity (Wildman–Crippen MR) is 109 cm³/mol. The van der Waals surface area contributed by atoms with Crippen LogP contribution >= 0.6 is 11.6 Å². The highest BCUT2D eigenvalue weighted by molar-refractivity contribution is 6.30. The van der Waals surface area contributed by atoms with Crippen LogP contribution in [0.1, 0.15) is 16.1 Å². The maximum absolute atomic E-state index is 12.8. The molecule has 0 aliphatic heterocycles. The van der Waals surface area contributed by atoms with Crippen molar-refractivity contribution < 1.29 is 4.79 Å². The van der Waals surface area contributed by atoms with E-state index in [1.807, 2.05) is 18.2 Å². The normalized spacial score (nSPS) is 10.9. The maximum Gasteiger partial charge on any atom is 0.269 e. The molecular weight excluding hydrogens is 392 g/mol. The third kappa shape index (κ3) is 4.17. The van der Waals surface area contributed by atoms with Crippen LogP contribution in [0.4, 0.5) is 0 Å². The molecule has 0 aliphatic rings. The van der Waals surface area contributed by atoms with Crippen LogP contribution in [0.15, 0.2) is 66.0 Å². The van der Waals surface area contributed by atoms with Gasteiger partial charge in [-0.15, -0.1) is 0 Å². The number of carbonyl (C=O) groups excluding carboxylic acids is 1. The van der Waals surface area contributed by atoms with Crippen molar-refractivity contribution in [1.82, 2.24) is 29.6 Å². The Balaban J connectivity index is 1.47. The number of pyridine rings is 1. The van der Waals surface area contributed by atoms with Gasteiger partial charge in [-0.1, -0.05) is 29.8 Å². The lowest BCUT2D eigenvalue weighted by molar-refractivity contribution is 0.0947. The van der Waals surface area contributed by atoms with Crippen LogP contribution in [-0.4, -0.2) is 36.8 Å². The summed E-state index contributed by atoms with van der Waals surface area (Å²) in [6.45, 7) is 1.08. The lowest BCUT2D eigenvalue weighted by Crippen LogP contribution is -2.28. The Hall–Kier alpha value is -3.52. The van der Waals surface area contributed by atoms with Gasteiger partial charge in [0, 0.05) is 17.8 Å². The lowest BCUT2D eigenvalue weighted by Gasteiger charge is -2.07. The second-order valence-corrected chi connectivity index (χ2v) is 6.82. The first kappa shape index (κ1) is 18.8. The molecule has 0 fully saturated rings. The lowest BCUT2D eigenvalue weighted by atomic mass is 10.2. The molecule has 1 aromatic carbocycles. The van der Waals surface area contributed by atoms with Crippen LogP contribution in [0.2, 0.25) is 5.02 Å². The van der Waals surface area contributed by atoms with E-state index in [1.165, 1.54) is 17.1 Å². The van der Waals surface area contributed by atoms with E-state index in [0.717, 1.165) is 5.56 Å². The molecule has 29 heavy (non-hydrogen) atoms. The summed E-state index contributed by atoms with van der Waals surface area (Å²) in [5.74, 6) is -0.265. The molecule has 0 spiro atoms. The predicted octanol–water partition coefficient (Wildman–Crippen LogP) is 2.12. The quantitative estimate of drug-likeness (QED) is 0.527. The Morgan fingerprint density at radius 1 is 1.14 bits per heavy atom. The van der Waals surface area contributed by atoms with Crippen molar-refractivity contribution >= 4 is 28.5 Å². The highest BCUT2D eigenvalue weighted by Crippen LogP contribution is 2.12. The topological polar surface area (TPSA) is 94.7 Å². The van der Waals surface area contributed by atoms with Crippen molar-refractivity contribution in [3.63, 3.8) is 0 Å². The molecule has 3 aromatic heterocycles. The van der Waals surface area contributed by atoms with Gasteiger partial charge in [0.15, 0.2) is 5.65 Å². The first-order valence-electron chi connectivity index (χ1n) is 8.96. The number of fused-ring (bicyclic) bond motifs is 1. The molecule has 9 heteroatoms. The molecule has 0 saturated carbocycles. The van der Waals surface area contributed by atoms with Gasteiger partial charge >= 0.3 is 0 Å². The summed E-state index contributed by atoms with van der Waals surface area (Å²) in [4.78, 5) is 33.2. The number of hydrogen-bond acceptors (Lipinski definition) is 5. The summed E-state index contributed by atoms with van der Waals surface area (Å²) in [6, 6.07) is 12.5. The minimum Gasteiger partial charge on any atom is -0.349 e. The minimum absolute atomic E-state index is 0.182. The molecule has 0 unspecified atom stereocenters. The number of aromatic nitrogens is 5. The van der Waals surface area contributed by atoms with Crippen LogP contribution in [0.5, 0.6) is 0 Å². The fourth-order valence-electron chi connectivity index (χ4n) is 2.97. The van der Waals surface area contributed by atoms with Gasteiger partial charge in [0.25, 0.3) is 11.5 Å².